The molecule has 0 spiro atoms. The van der Waals surface area contributed by atoms with Gasteiger partial charge in [-0.2, -0.15) is 0 Å². The minimum atomic E-state index is -2.45. The molecule has 0 amide bonds. The molecule has 0 aliphatic heterocycles. The van der Waals surface area contributed by atoms with Gasteiger partial charge in [0.1, 0.15) is 0 Å². The van der Waals surface area contributed by atoms with Crippen LogP contribution in [0.4, 0.5) is 8.78 Å². The molecule has 2 rings (SSSR count). The number of rotatable bonds is 3. The van der Waals surface area contributed by atoms with Gasteiger partial charge >= 0.3 is 0 Å². The quantitative estimate of drug-likeness (QED) is 0.856. The predicted octanol–water partition coefficient (Wildman–Crippen LogP) is 4.39. The van der Waals surface area contributed by atoms with Crippen LogP contribution in [0.15, 0.2) is 18.2 Å². The normalized spacial score (nSPS) is 21.3. The molecule has 1 aromatic rings. The topological polar surface area (TPSA) is 12.0 Å². The van der Waals surface area contributed by atoms with Gasteiger partial charge in [0.05, 0.1) is 0 Å². The van der Waals surface area contributed by atoms with Crippen molar-refractivity contribution in [2.45, 2.75) is 51.5 Å². The zero-order chi connectivity index (χ0) is 14.0. The Morgan fingerprint density at radius 1 is 1.21 bits per heavy atom. The molecule has 1 nitrogen and oxygen atoms in total. The van der Waals surface area contributed by atoms with Crippen molar-refractivity contribution < 1.29 is 8.78 Å². The van der Waals surface area contributed by atoms with E-state index in [1.807, 2.05) is 7.05 Å². The number of benzene rings is 1. The number of alkyl halides is 2. The summed E-state index contributed by atoms with van der Waals surface area (Å²) in [6, 6.07) is 6.59. The summed E-state index contributed by atoms with van der Waals surface area (Å²) in [6.45, 7) is 4.18. The third-order valence-electron chi connectivity index (χ3n) is 4.30. The maximum Gasteiger partial charge on any atom is 0.248 e. The SMILES string of the molecule is CNC(c1ccc(C)cc1C)C1CCC(F)(F)CC1. The van der Waals surface area contributed by atoms with Gasteiger partial charge in [-0.1, -0.05) is 23.8 Å². The highest BCUT2D eigenvalue weighted by molar-refractivity contribution is 5.33. The number of halogens is 2. The summed E-state index contributed by atoms with van der Waals surface area (Å²) >= 11 is 0. The van der Waals surface area contributed by atoms with Crippen molar-refractivity contribution in [1.29, 1.82) is 0 Å². The third-order valence-corrected chi connectivity index (χ3v) is 4.30. The van der Waals surface area contributed by atoms with Crippen LogP contribution in [-0.4, -0.2) is 13.0 Å². The Hall–Kier alpha value is -0.960. The Bertz CT molecular complexity index is 432. The van der Waals surface area contributed by atoms with Gasteiger partial charge in [0.25, 0.3) is 0 Å². The van der Waals surface area contributed by atoms with E-state index in [0.29, 0.717) is 18.8 Å². The van der Waals surface area contributed by atoms with Crippen molar-refractivity contribution >= 4 is 0 Å². The summed E-state index contributed by atoms with van der Waals surface area (Å²) < 4.78 is 26.5. The minimum Gasteiger partial charge on any atom is -0.313 e. The van der Waals surface area contributed by atoms with E-state index in [9.17, 15) is 8.78 Å². The molecule has 0 saturated heterocycles. The lowest BCUT2D eigenvalue weighted by molar-refractivity contribution is -0.0495. The molecule has 1 unspecified atom stereocenters. The van der Waals surface area contributed by atoms with Crippen molar-refractivity contribution in [2.24, 2.45) is 5.92 Å². The van der Waals surface area contributed by atoms with E-state index in [1.165, 1.54) is 16.7 Å². The van der Waals surface area contributed by atoms with Gasteiger partial charge in [-0.3, -0.25) is 0 Å². The third kappa shape index (κ3) is 3.33. The lowest BCUT2D eigenvalue weighted by Gasteiger charge is -2.34. The number of aryl methyl sites for hydroxylation is 2. The molecule has 1 saturated carbocycles. The van der Waals surface area contributed by atoms with E-state index in [0.717, 1.165) is 0 Å². The van der Waals surface area contributed by atoms with Crippen LogP contribution >= 0.6 is 0 Å². The first-order valence-electron chi connectivity index (χ1n) is 7.05. The predicted molar refractivity (Wildman–Crippen MR) is 74.6 cm³/mol. The zero-order valence-corrected chi connectivity index (χ0v) is 12.0. The fourth-order valence-corrected chi connectivity index (χ4v) is 3.22. The molecule has 19 heavy (non-hydrogen) atoms. The summed E-state index contributed by atoms with van der Waals surface area (Å²) in [5, 5.41) is 3.33. The van der Waals surface area contributed by atoms with Crippen LogP contribution in [0.5, 0.6) is 0 Å². The first-order valence-corrected chi connectivity index (χ1v) is 7.05. The summed E-state index contributed by atoms with van der Waals surface area (Å²) in [6.07, 6.45) is 1.26. The average molecular weight is 267 g/mol. The van der Waals surface area contributed by atoms with Gasteiger partial charge in [-0.05, 0) is 50.8 Å². The molecule has 1 atom stereocenters. The van der Waals surface area contributed by atoms with Crippen LogP contribution in [0, 0.1) is 19.8 Å². The van der Waals surface area contributed by atoms with Crippen LogP contribution in [0.3, 0.4) is 0 Å². The number of nitrogens with one attached hydrogen (secondary N) is 1. The highest BCUT2D eigenvalue weighted by atomic mass is 19.3. The fourth-order valence-electron chi connectivity index (χ4n) is 3.22. The fraction of sp³-hybridized carbons (Fsp3) is 0.625. The molecule has 1 aromatic carbocycles. The Balaban J connectivity index is 2.16. The second kappa shape index (κ2) is 5.58. The van der Waals surface area contributed by atoms with E-state index in [-0.39, 0.29) is 18.9 Å². The Morgan fingerprint density at radius 3 is 2.37 bits per heavy atom. The van der Waals surface area contributed by atoms with Crippen LogP contribution in [0.25, 0.3) is 0 Å². The van der Waals surface area contributed by atoms with Crippen LogP contribution in [-0.2, 0) is 0 Å². The van der Waals surface area contributed by atoms with Crippen LogP contribution < -0.4 is 5.32 Å². The molecule has 0 heterocycles. The second-order valence-electron chi connectivity index (χ2n) is 5.82. The Morgan fingerprint density at radius 2 is 1.84 bits per heavy atom. The Kier molecular flexibility index (Phi) is 4.24. The first kappa shape index (κ1) is 14.4. The van der Waals surface area contributed by atoms with Crippen molar-refractivity contribution in [3.05, 3.63) is 34.9 Å². The smallest absolute Gasteiger partial charge is 0.248 e. The highest BCUT2D eigenvalue weighted by Crippen LogP contribution is 2.41. The first-order chi connectivity index (χ1) is 8.93. The molecule has 1 aliphatic carbocycles. The Labute approximate surface area is 114 Å². The monoisotopic (exact) mass is 267 g/mol. The molecule has 0 radical (unpaired) electrons. The molecule has 1 aliphatic rings. The van der Waals surface area contributed by atoms with E-state index >= 15 is 0 Å². The molecular weight excluding hydrogens is 244 g/mol. The molecule has 1 N–H and O–H groups in total. The molecular formula is C16H23F2N. The lowest BCUT2D eigenvalue weighted by Crippen LogP contribution is -2.33. The van der Waals surface area contributed by atoms with Gasteiger partial charge in [0, 0.05) is 18.9 Å². The summed E-state index contributed by atoms with van der Waals surface area (Å²) in [4.78, 5) is 0. The lowest BCUT2D eigenvalue weighted by atomic mass is 9.78. The maximum absolute atomic E-state index is 13.3. The largest absolute Gasteiger partial charge is 0.313 e. The standard InChI is InChI=1S/C16H23F2N/c1-11-4-5-14(12(2)10-11)15(19-3)13-6-8-16(17,18)9-7-13/h4-5,10,13,15,19H,6-9H2,1-3H3. The van der Waals surface area contributed by atoms with Gasteiger partial charge in [-0.25, -0.2) is 8.78 Å². The van der Waals surface area contributed by atoms with E-state index in [2.05, 4.69) is 37.4 Å². The summed E-state index contributed by atoms with van der Waals surface area (Å²) in [5.74, 6) is -2.14. The molecule has 0 aromatic heterocycles. The van der Waals surface area contributed by atoms with Gasteiger partial charge in [0.2, 0.25) is 5.92 Å². The summed E-state index contributed by atoms with van der Waals surface area (Å²) in [5.41, 5.74) is 3.74. The van der Waals surface area contributed by atoms with Crippen molar-refractivity contribution in [1.82, 2.24) is 5.32 Å². The minimum absolute atomic E-state index is 0.0285. The van der Waals surface area contributed by atoms with E-state index in [1.54, 1.807) is 0 Å². The highest BCUT2D eigenvalue weighted by Gasteiger charge is 2.37. The van der Waals surface area contributed by atoms with Gasteiger partial charge in [-0.15, -0.1) is 0 Å². The zero-order valence-electron chi connectivity index (χ0n) is 12.0. The van der Waals surface area contributed by atoms with Gasteiger partial charge < -0.3 is 5.32 Å². The van der Waals surface area contributed by atoms with Crippen molar-refractivity contribution in [3.8, 4) is 0 Å². The number of hydrogen-bond donors (Lipinski definition) is 1. The van der Waals surface area contributed by atoms with E-state index < -0.39 is 5.92 Å². The molecule has 106 valence electrons. The molecule has 3 heteroatoms. The second-order valence-corrected chi connectivity index (χ2v) is 5.82. The average Bonchev–Trinajstić information content (AvgIpc) is 2.34. The van der Waals surface area contributed by atoms with E-state index in [4.69, 9.17) is 0 Å². The summed E-state index contributed by atoms with van der Waals surface area (Å²) in [7, 11) is 1.93. The molecule has 0 bridgehead atoms. The van der Waals surface area contributed by atoms with Crippen molar-refractivity contribution in [2.75, 3.05) is 7.05 Å². The van der Waals surface area contributed by atoms with Gasteiger partial charge in [0.15, 0.2) is 0 Å². The maximum atomic E-state index is 13.3. The van der Waals surface area contributed by atoms with Crippen LogP contribution in [0.2, 0.25) is 0 Å². The molecule has 1 fully saturated rings. The van der Waals surface area contributed by atoms with Crippen LogP contribution in [0.1, 0.15) is 48.4 Å². The van der Waals surface area contributed by atoms with Crippen molar-refractivity contribution in [3.63, 3.8) is 0 Å². The number of hydrogen-bond acceptors (Lipinski definition) is 1.